The predicted molar refractivity (Wildman–Crippen MR) is 93.6 cm³/mol. The smallest absolute Gasteiger partial charge is 0.202 e. The fraction of sp³-hybridized carbons (Fsp3) is 0.0500. The van der Waals surface area contributed by atoms with Gasteiger partial charge in [0.15, 0.2) is 11.6 Å². The molecule has 2 heterocycles. The van der Waals surface area contributed by atoms with E-state index in [9.17, 15) is 19.1 Å². The standard InChI is InChI=1S/C20H13F2N3O/c1-12-5-4-10-24(12)20-14(11-23)13-6-2-3-7-15(13)25(20)16-8-9-17(26)19(22)18(16)21/h2-10,26H,1H3. The maximum atomic E-state index is 14.7. The highest BCUT2D eigenvalue weighted by atomic mass is 19.2. The normalized spacial score (nSPS) is 11.0. The van der Waals surface area contributed by atoms with Crippen molar-refractivity contribution in [3.63, 3.8) is 0 Å². The molecule has 0 atom stereocenters. The van der Waals surface area contributed by atoms with Gasteiger partial charge < -0.3 is 9.67 Å². The first-order valence-electron chi connectivity index (χ1n) is 7.89. The van der Waals surface area contributed by atoms with Crippen LogP contribution in [-0.4, -0.2) is 14.2 Å². The van der Waals surface area contributed by atoms with Gasteiger partial charge in [0.1, 0.15) is 17.5 Å². The number of rotatable bonds is 2. The first kappa shape index (κ1) is 15.9. The number of para-hydroxylation sites is 1. The van der Waals surface area contributed by atoms with Crippen molar-refractivity contribution >= 4 is 10.9 Å². The minimum Gasteiger partial charge on any atom is -0.505 e. The Bertz CT molecular complexity index is 1200. The SMILES string of the molecule is Cc1cccn1-c1c(C#N)c2ccccc2n1-c1ccc(O)c(F)c1F. The van der Waals surface area contributed by atoms with Gasteiger partial charge in [-0.15, -0.1) is 0 Å². The number of aromatic hydroxyl groups is 1. The summed E-state index contributed by atoms with van der Waals surface area (Å²) in [6, 6.07) is 15.3. The van der Waals surface area contributed by atoms with Gasteiger partial charge in [0.25, 0.3) is 0 Å². The number of hydrogen-bond donors (Lipinski definition) is 1. The number of nitrogens with zero attached hydrogens (tertiary/aromatic N) is 3. The molecular formula is C20H13F2N3O. The van der Waals surface area contributed by atoms with Crippen LogP contribution in [0.4, 0.5) is 8.78 Å². The van der Waals surface area contributed by atoms with Gasteiger partial charge in [0, 0.05) is 17.3 Å². The van der Waals surface area contributed by atoms with E-state index >= 15 is 0 Å². The Morgan fingerprint density at radius 2 is 1.77 bits per heavy atom. The maximum absolute atomic E-state index is 14.7. The molecule has 0 unspecified atom stereocenters. The summed E-state index contributed by atoms with van der Waals surface area (Å²) in [4.78, 5) is 0. The summed E-state index contributed by atoms with van der Waals surface area (Å²) in [7, 11) is 0. The molecule has 1 N–H and O–H groups in total. The molecule has 128 valence electrons. The van der Waals surface area contributed by atoms with Crippen LogP contribution in [0.5, 0.6) is 5.75 Å². The Labute approximate surface area is 147 Å². The molecule has 2 aromatic carbocycles. The minimum absolute atomic E-state index is 0.0823. The molecular weight excluding hydrogens is 336 g/mol. The molecule has 0 radical (unpaired) electrons. The van der Waals surface area contributed by atoms with Crippen LogP contribution in [0.2, 0.25) is 0 Å². The number of halogens is 2. The first-order valence-corrected chi connectivity index (χ1v) is 7.89. The van der Waals surface area contributed by atoms with E-state index in [2.05, 4.69) is 6.07 Å². The van der Waals surface area contributed by atoms with Gasteiger partial charge in [-0.1, -0.05) is 18.2 Å². The summed E-state index contributed by atoms with van der Waals surface area (Å²) >= 11 is 0. The van der Waals surface area contributed by atoms with E-state index < -0.39 is 17.4 Å². The van der Waals surface area contributed by atoms with Crippen molar-refractivity contribution in [2.75, 3.05) is 0 Å². The molecule has 4 aromatic rings. The lowest BCUT2D eigenvalue weighted by atomic mass is 10.2. The van der Waals surface area contributed by atoms with E-state index in [1.807, 2.05) is 19.1 Å². The Kier molecular flexibility index (Phi) is 3.51. The van der Waals surface area contributed by atoms with E-state index in [1.54, 1.807) is 35.0 Å². The third kappa shape index (κ3) is 2.11. The summed E-state index contributed by atoms with van der Waals surface area (Å²) in [5, 5.41) is 19.8. The Morgan fingerprint density at radius 3 is 2.46 bits per heavy atom. The van der Waals surface area contributed by atoms with Crippen LogP contribution >= 0.6 is 0 Å². The van der Waals surface area contributed by atoms with Crippen LogP contribution in [0.1, 0.15) is 11.3 Å². The molecule has 6 heteroatoms. The highest BCUT2D eigenvalue weighted by Crippen LogP contribution is 2.35. The third-order valence-corrected chi connectivity index (χ3v) is 4.42. The lowest BCUT2D eigenvalue weighted by Gasteiger charge is -2.15. The van der Waals surface area contributed by atoms with Crippen molar-refractivity contribution in [3.05, 3.63) is 77.6 Å². The number of nitriles is 1. The van der Waals surface area contributed by atoms with Crippen LogP contribution in [0, 0.1) is 29.9 Å². The van der Waals surface area contributed by atoms with E-state index in [0.717, 1.165) is 11.8 Å². The molecule has 0 aliphatic rings. The summed E-state index contributed by atoms with van der Waals surface area (Å²) in [6.07, 6.45) is 1.76. The second kappa shape index (κ2) is 5.74. The fourth-order valence-corrected chi connectivity index (χ4v) is 3.21. The Hall–Kier alpha value is -3.59. The predicted octanol–water partition coefficient (Wildman–Crippen LogP) is 4.59. The van der Waals surface area contributed by atoms with Crippen molar-refractivity contribution in [3.8, 4) is 23.3 Å². The van der Waals surface area contributed by atoms with Crippen molar-refractivity contribution in [2.45, 2.75) is 6.92 Å². The number of phenolic OH excluding ortho intramolecular Hbond substituents is 1. The van der Waals surface area contributed by atoms with Gasteiger partial charge in [-0.25, -0.2) is 4.39 Å². The summed E-state index contributed by atoms with van der Waals surface area (Å²) < 4.78 is 31.9. The van der Waals surface area contributed by atoms with Crippen LogP contribution in [0.25, 0.3) is 22.4 Å². The van der Waals surface area contributed by atoms with Gasteiger partial charge >= 0.3 is 0 Å². The van der Waals surface area contributed by atoms with Gasteiger partial charge in [-0.2, -0.15) is 9.65 Å². The van der Waals surface area contributed by atoms with Gasteiger partial charge in [0.2, 0.25) is 5.82 Å². The fourth-order valence-electron chi connectivity index (χ4n) is 3.21. The summed E-state index contributed by atoms with van der Waals surface area (Å²) in [5.74, 6) is -2.85. The van der Waals surface area contributed by atoms with Crippen LogP contribution in [-0.2, 0) is 0 Å². The topological polar surface area (TPSA) is 53.9 Å². The molecule has 0 spiro atoms. The Morgan fingerprint density at radius 1 is 1.00 bits per heavy atom. The second-order valence-electron chi connectivity index (χ2n) is 5.91. The highest BCUT2D eigenvalue weighted by Gasteiger charge is 2.24. The number of aryl methyl sites for hydroxylation is 1. The molecule has 4 nitrogen and oxygen atoms in total. The highest BCUT2D eigenvalue weighted by molar-refractivity contribution is 5.92. The monoisotopic (exact) mass is 349 g/mol. The lowest BCUT2D eigenvalue weighted by molar-refractivity contribution is 0.406. The quantitative estimate of drug-likeness (QED) is 0.576. The molecule has 0 bridgehead atoms. The van der Waals surface area contributed by atoms with Crippen molar-refractivity contribution in [1.29, 1.82) is 5.26 Å². The number of aromatic nitrogens is 2. The molecule has 2 aromatic heterocycles. The Balaban J connectivity index is 2.21. The summed E-state index contributed by atoms with van der Waals surface area (Å²) in [6.45, 7) is 1.86. The third-order valence-electron chi connectivity index (χ3n) is 4.42. The zero-order valence-corrected chi connectivity index (χ0v) is 13.7. The number of hydrogen-bond acceptors (Lipinski definition) is 2. The average Bonchev–Trinajstić information content (AvgIpc) is 3.20. The van der Waals surface area contributed by atoms with Crippen molar-refractivity contribution < 1.29 is 13.9 Å². The molecule has 0 amide bonds. The number of benzene rings is 2. The summed E-state index contributed by atoms with van der Waals surface area (Å²) in [5.41, 5.74) is 1.68. The molecule has 0 aliphatic carbocycles. The minimum atomic E-state index is -1.33. The van der Waals surface area contributed by atoms with Crippen LogP contribution in [0.3, 0.4) is 0 Å². The zero-order chi connectivity index (χ0) is 18.4. The molecule has 0 saturated carbocycles. The maximum Gasteiger partial charge on any atom is 0.202 e. The average molecular weight is 349 g/mol. The van der Waals surface area contributed by atoms with Crippen LogP contribution < -0.4 is 0 Å². The molecule has 4 rings (SSSR count). The lowest BCUT2D eigenvalue weighted by Crippen LogP contribution is -2.08. The van der Waals surface area contributed by atoms with E-state index in [0.29, 0.717) is 22.3 Å². The number of phenols is 1. The second-order valence-corrected chi connectivity index (χ2v) is 5.91. The van der Waals surface area contributed by atoms with Gasteiger partial charge in [-0.3, -0.25) is 4.57 Å². The molecule has 0 saturated heterocycles. The first-order chi connectivity index (χ1) is 12.5. The number of fused-ring (bicyclic) bond motifs is 1. The molecule has 0 aliphatic heterocycles. The largest absolute Gasteiger partial charge is 0.505 e. The van der Waals surface area contributed by atoms with Crippen molar-refractivity contribution in [1.82, 2.24) is 9.13 Å². The molecule has 26 heavy (non-hydrogen) atoms. The van der Waals surface area contributed by atoms with Crippen LogP contribution in [0.15, 0.2) is 54.7 Å². The van der Waals surface area contributed by atoms with Crippen molar-refractivity contribution in [2.24, 2.45) is 0 Å². The van der Waals surface area contributed by atoms with Gasteiger partial charge in [0.05, 0.1) is 11.2 Å². The van der Waals surface area contributed by atoms with E-state index in [-0.39, 0.29) is 5.69 Å². The van der Waals surface area contributed by atoms with E-state index in [1.165, 1.54) is 10.6 Å². The van der Waals surface area contributed by atoms with E-state index in [4.69, 9.17) is 0 Å². The molecule has 0 fully saturated rings. The zero-order valence-electron chi connectivity index (χ0n) is 13.7. The van der Waals surface area contributed by atoms with Gasteiger partial charge in [-0.05, 0) is 37.3 Å².